The van der Waals surface area contributed by atoms with E-state index >= 15 is 0 Å². The number of aryl methyl sites for hydroxylation is 1. The first-order valence-electron chi connectivity index (χ1n) is 3.89. The Morgan fingerprint density at radius 1 is 0.917 bits per heavy atom. The lowest BCUT2D eigenvalue weighted by atomic mass is 10.2. The number of benzene rings is 1. The molecule has 0 saturated heterocycles. The summed E-state index contributed by atoms with van der Waals surface area (Å²) in [6.07, 6.45) is 0. The molecule has 0 N–H and O–H groups in total. The van der Waals surface area contributed by atoms with Crippen molar-refractivity contribution in [2.24, 2.45) is 0 Å². The Morgan fingerprint density at radius 2 is 1.33 bits per heavy atom. The lowest BCUT2D eigenvalue weighted by molar-refractivity contribution is 0.486. The van der Waals surface area contributed by atoms with Gasteiger partial charge in [-0.2, -0.15) is 0 Å². The van der Waals surface area contributed by atoms with E-state index in [9.17, 15) is 0 Å². The topological polar surface area (TPSA) is 0 Å². The van der Waals surface area contributed by atoms with Gasteiger partial charge >= 0.3 is 0 Å². The zero-order valence-corrected chi connectivity index (χ0v) is 7.76. The molecule has 1 heteroatoms. The van der Waals surface area contributed by atoms with Crippen molar-refractivity contribution in [1.82, 2.24) is 4.48 Å². The maximum Gasteiger partial charge on any atom is 0.132 e. The van der Waals surface area contributed by atoms with Gasteiger partial charge in [0.2, 0.25) is 0 Å². The number of rotatable bonds is 1. The minimum Gasteiger partial charge on any atom is -0.298 e. The molecule has 0 saturated carbocycles. The Bertz CT molecular complexity index is 228. The summed E-state index contributed by atoms with van der Waals surface area (Å²) >= 11 is 0. The normalized spacial score (nSPS) is 10.7. The quantitative estimate of drug-likeness (QED) is 0.563. The number of hydrogen-bond donors (Lipinski definition) is 0. The summed E-state index contributed by atoms with van der Waals surface area (Å²) in [5.41, 5.74) is 2.66. The Balaban J connectivity index is 0.00000121. The van der Waals surface area contributed by atoms with Crippen LogP contribution in [0.5, 0.6) is 0 Å². The summed E-state index contributed by atoms with van der Waals surface area (Å²) in [4.78, 5) is 0. The predicted molar refractivity (Wildman–Crippen MR) is 57.5 cm³/mol. The van der Waals surface area contributed by atoms with Gasteiger partial charge in [0.15, 0.2) is 0 Å². The van der Waals surface area contributed by atoms with Gasteiger partial charge in [-0.3, -0.25) is 4.48 Å². The summed E-state index contributed by atoms with van der Waals surface area (Å²) in [6.45, 7) is 2.11. The molecular formula is C11H20N+. The molecule has 0 spiro atoms. The highest BCUT2D eigenvalue weighted by Crippen LogP contribution is 2.16. The van der Waals surface area contributed by atoms with Crippen molar-refractivity contribution in [2.75, 3.05) is 21.1 Å². The molecule has 0 aliphatic heterocycles. The lowest BCUT2D eigenvalue weighted by Gasteiger charge is -2.23. The largest absolute Gasteiger partial charge is 0.298 e. The summed E-state index contributed by atoms with van der Waals surface area (Å²) in [7, 11) is 6.51. The Labute approximate surface area is 76.2 Å². The van der Waals surface area contributed by atoms with Crippen LogP contribution in [0.2, 0.25) is 0 Å². The third-order valence-corrected chi connectivity index (χ3v) is 1.81. The minimum atomic E-state index is 0. The fourth-order valence-corrected chi connectivity index (χ4v) is 0.992. The van der Waals surface area contributed by atoms with Crippen LogP contribution in [0, 0.1) is 6.92 Å². The van der Waals surface area contributed by atoms with Crippen molar-refractivity contribution in [1.29, 1.82) is 0 Å². The van der Waals surface area contributed by atoms with E-state index in [1.807, 2.05) is 0 Å². The van der Waals surface area contributed by atoms with Crippen LogP contribution in [-0.2, 0) is 0 Å². The van der Waals surface area contributed by atoms with Crippen molar-refractivity contribution >= 4 is 5.69 Å². The van der Waals surface area contributed by atoms with Crippen LogP contribution in [0.4, 0.5) is 5.69 Å². The molecular weight excluding hydrogens is 146 g/mol. The van der Waals surface area contributed by atoms with Gasteiger partial charge in [-0.1, -0.05) is 25.1 Å². The second-order valence-electron chi connectivity index (χ2n) is 3.85. The van der Waals surface area contributed by atoms with Crippen molar-refractivity contribution < 1.29 is 0 Å². The molecule has 0 unspecified atom stereocenters. The van der Waals surface area contributed by atoms with Crippen LogP contribution in [0.25, 0.3) is 0 Å². The second-order valence-corrected chi connectivity index (χ2v) is 3.85. The van der Waals surface area contributed by atoms with Crippen molar-refractivity contribution in [3.63, 3.8) is 0 Å². The van der Waals surface area contributed by atoms with Gasteiger partial charge < -0.3 is 0 Å². The highest BCUT2D eigenvalue weighted by molar-refractivity contribution is 5.42. The molecule has 0 amide bonds. The maximum atomic E-state index is 2.18. The predicted octanol–water partition coefficient (Wildman–Crippen LogP) is 2.83. The molecule has 0 bridgehead atoms. The average molecular weight is 166 g/mol. The molecule has 0 aliphatic rings. The molecule has 0 atom stereocenters. The van der Waals surface area contributed by atoms with Gasteiger partial charge in [-0.05, 0) is 19.1 Å². The van der Waals surface area contributed by atoms with Gasteiger partial charge in [0.1, 0.15) is 5.69 Å². The zero-order chi connectivity index (χ0) is 8.48. The van der Waals surface area contributed by atoms with Crippen LogP contribution in [0.1, 0.15) is 13.0 Å². The van der Waals surface area contributed by atoms with Gasteiger partial charge in [-0.15, -0.1) is 0 Å². The minimum absolute atomic E-state index is 0. The molecule has 12 heavy (non-hydrogen) atoms. The molecule has 0 aliphatic carbocycles. The van der Waals surface area contributed by atoms with Crippen LogP contribution < -0.4 is 4.48 Å². The van der Waals surface area contributed by atoms with Crippen LogP contribution in [0.3, 0.4) is 0 Å². The Morgan fingerprint density at radius 3 is 1.67 bits per heavy atom. The first kappa shape index (κ1) is 11.2. The van der Waals surface area contributed by atoms with Crippen LogP contribution in [0.15, 0.2) is 24.3 Å². The van der Waals surface area contributed by atoms with Gasteiger partial charge in [0, 0.05) is 0 Å². The first-order valence-corrected chi connectivity index (χ1v) is 3.89. The Hall–Kier alpha value is -0.820. The maximum absolute atomic E-state index is 2.18. The summed E-state index contributed by atoms with van der Waals surface area (Å²) in [6, 6.07) is 8.66. The van der Waals surface area contributed by atoms with E-state index in [0.717, 1.165) is 4.48 Å². The van der Waals surface area contributed by atoms with E-state index in [1.165, 1.54) is 11.3 Å². The SMILES string of the molecule is C.Cc1ccc([N+](C)(C)C)cc1. The van der Waals surface area contributed by atoms with Crippen molar-refractivity contribution in [2.45, 2.75) is 14.4 Å². The number of nitrogens with zero attached hydrogens (tertiary/aromatic N) is 1. The fraction of sp³-hybridized carbons (Fsp3) is 0.455. The first-order chi connectivity index (χ1) is 5.00. The molecule has 0 fully saturated rings. The third kappa shape index (κ3) is 2.67. The highest BCUT2D eigenvalue weighted by Gasteiger charge is 2.09. The third-order valence-electron chi connectivity index (χ3n) is 1.81. The monoisotopic (exact) mass is 166 g/mol. The molecule has 1 rings (SSSR count). The van der Waals surface area contributed by atoms with Crippen LogP contribution in [-0.4, -0.2) is 21.1 Å². The molecule has 0 heterocycles. The van der Waals surface area contributed by atoms with Gasteiger partial charge in [-0.25, -0.2) is 0 Å². The molecule has 68 valence electrons. The van der Waals surface area contributed by atoms with E-state index in [-0.39, 0.29) is 7.43 Å². The lowest BCUT2D eigenvalue weighted by Crippen LogP contribution is -2.34. The number of hydrogen-bond acceptors (Lipinski definition) is 0. The van der Waals surface area contributed by atoms with Crippen molar-refractivity contribution in [3.05, 3.63) is 29.8 Å². The Kier molecular flexibility index (Phi) is 3.47. The number of quaternary nitrogens is 1. The smallest absolute Gasteiger partial charge is 0.132 e. The van der Waals surface area contributed by atoms with Crippen LogP contribution >= 0.6 is 0 Å². The molecule has 1 aromatic rings. The van der Waals surface area contributed by atoms with E-state index in [2.05, 4.69) is 52.3 Å². The fourth-order valence-electron chi connectivity index (χ4n) is 0.992. The summed E-state index contributed by atoms with van der Waals surface area (Å²) in [5.74, 6) is 0. The van der Waals surface area contributed by atoms with E-state index in [1.54, 1.807) is 0 Å². The van der Waals surface area contributed by atoms with Gasteiger partial charge in [0.25, 0.3) is 0 Å². The molecule has 0 radical (unpaired) electrons. The second kappa shape index (κ2) is 3.72. The highest BCUT2D eigenvalue weighted by atomic mass is 15.3. The standard InChI is InChI=1S/C10H16N.CH4/c1-9-5-7-10(8-6-9)11(2,3)4;/h5-8H,1-4H3;1H4/q+1;. The summed E-state index contributed by atoms with van der Waals surface area (Å²) < 4.78 is 0.889. The molecule has 1 nitrogen and oxygen atoms in total. The van der Waals surface area contributed by atoms with E-state index in [4.69, 9.17) is 0 Å². The zero-order valence-electron chi connectivity index (χ0n) is 7.76. The molecule has 1 aromatic carbocycles. The van der Waals surface area contributed by atoms with E-state index < -0.39 is 0 Å². The average Bonchev–Trinajstić information content (AvgIpc) is 1.86. The van der Waals surface area contributed by atoms with Crippen molar-refractivity contribution in [3.8, 4) is 0 Å². The van der Waals surface area contributed by atoms with Gasteiger partial charge in [0.05, 0.1) is 21.1 Å². The molecule has 0 aromatic heterocycles. The van der Waals surface area contributed by atoms with E-state index in [0.29, 0.717) is 0 Å². The summed E-state index contributed by atoms with van der Waals surface area (Å²) in [5, 5.41) is 0.